The lowest BCUT2D eigenvalue weighted by Gasteiger charge is -2.63. The minimum Gasteiger partial charge on any atom is -0.454 e. The van der Waals surface area contributed by atoms with Crippen molar-refractivity contribution in [3.8, 4) is 0 Å². The second-order valence-corrected chi connectivity index (χ2v) is 18.8. The summed E-state index contributed by atoms with van der Waals surface area (Å²) in [7, 11) is 0. The Balaban J connectivity index is 1.06. The van der Waals surface area contributed by atoms with Gasteiger partial charge in [-0.2, -0.15) is 0 Å². The number of fused-ring (bicyclic) bond motifs is 4. The molecule has 2 spiro atoms. The SMILES string of the molecule is CC(=O)OC1C(OC2CCC34CC35CCC3(C)C6C(C)CC(C7OC7(C)C)OC6(O)C(O)C3(C)C5CCC4C2(C)C)OCC(O)C1O. The van der Waals surface area contributed by atoms with Crippen LogP contribution in [0.25, 0.3) is 0 Å². The van der Waals surface area contributed by atoms with Gasteiger partial charge in [0.1, 0.15) is 24.4 Å². The number of rotatable bonds is 4. The molecular weight excluding hydrogens is 604 g/mol. The summed E-state index contributed by atoms with van der Waals surface area (Å²) in [5.41, 5.74) is -1.00. The van der Waals surface area contributed by atoms with Crippen LogP contribution < -0.4 is 0 Å². The van der Waals surface area contributed by atoms with E-state index in [1.807, 2.05) is 0 Å². The van der Waals surface area contributed by atoms with Crippen molar-refractivity contribution in [2.24, 2.45) is 50.7 Å². The van der Waals surface area contributed by atoms with Crippen molar-refractivity contribution < 1.29 is 48.9 Å². The Morgan fingerprint density at radius 2 is 1.55 bits per heavy atom. The maximum Gasteiger partial charge on any atom is 0.303 e. The smallest absolute Gasteiger partial charge is 0.303 e. The second kappa shape index (κ2) is 9.93. The first-order valence-electron chi connectivity index (χ1n) is 18.4. The fraction of sp³-hybridized carbons (Fsp3) is 0.973. The van der Waals surface area contributed by atoms with Gasteiger partial charge in [0, 0.05) is 18.3 Å². The number of epoxide rings is 1. The molecule has 17 unspecified atom stereocenters. The second-order valence-electron chi connectivity index (χ2n) is 18.8. The van der Waals surface area contributed by atoms with Crippen LogP contribution in [-0.4, -0.2) is 93.4 Å². The molecule has 3 heterocycles. The molecule has 10 nitrogen and oxygen atoms in total. The van der Waals surface area contributed by atoms with Gasteiger partial charge in [0.25, 0.3) is 0 Å². The largest absolute Gasteiger partial charge is 0.454 e. The summed E-state index contributed by atoms with van der Waals surface area (Å²) in [6, 6.07) is 0. The zero-order valence-corrected chi connectivity index (χ0v) is 29.5. The van der Waals surface area contributed by atoms with E-state index in [4.69, 9.17) is 23.7 Å². The molecule has 8 aliphatic rings. The molecule has 5 saturated carbocycles. The van der Waals surface area contributed by atoms with Crippen molar-refractivity contribution in [2.75, 3.05) is 6.61 Å². The van der Waals surface area contributed by atoms with E-state index >= 15 is 0 Å². The molecule has 3 aliphatic heterocycles. The predicted molar refractivity (Wildman–Crippen MR) is 168 cm³/mol. The van der Waals surface area contributed by atoms with Gasteiger partial charge < -0.3 is 44.1 Å². The molecule has 0 bridgehead atoms. The molecule has 17 atom stereocenters. The van der Waals surface area contributed by atoms with E-state index in [-0.39, 0.29) is 69.9 Å². The molecule has 0 aromatic carbocycles. The summed E-state index contributed by atoms with van der Waals surface area (Å²) in [6.07, 6.45) is 1.89. The highest BCUT2D eigenvalue weighted by molar-refractivity contribution is 5.66. The molecule has 0 aromatic rings. The summed E-state index contributed by atoms with van der Waals surface area (Å²) in [6.45, 7) is 16.8. The number of aliphatic hydroxyl groups is 4. The van der Waals surface area contributed by atoms with Crippen molar-refractivity contribution in [2.45, 2.75) is 167 Å². The Bertz CT molecular complexity index is 1320. The molecule has 8 fully saturated rings. The van der Waals surface area contributed by atoms with Crippen LogP contribution in [-0.2, 0) is 28.5 Å². The van der Waals surface area contributed by atoms with Gasteiger partial charge in [-0.25, -0.2) is 0 Å². The molecular formula is C37H58O10. The Labute approximate surface area is 279 Å². The van der Waals surface area contributed by atoms with Crippen LogP contribution >= 0.6 is 0 Å². The number of carbonyl (C=O) groups excluding carboxylic acids is 1. The zero-order chi connectivity index (χ0) is 33.9. The van der Waals surface area contributed by atoms with Gasteiger partial charge in [-0.1, -0.05) is 34.6 Å². The monoisotopic (exact) mass is 662 g/mol. The van der Waals surface area contributed by atoms with E-state index in [0.717, 1.165) is 51.4 Å². The number of carbonyl (C=O) groups is 1. The normalized spacial score (nSPS) is 59.8. The average Bonchev–Trinajstić information content (AvgIpc) is 3.84. The van der Waals surface area contributed by atoms with Crippen molar-refractivity contribution in [3.63, 3.8) is 0 Å². The molecule has 10 heteroatoms. The maximum absolute atomic E-state index is 12.5. The molecule has 3 saturated heterocycles. The van der Waals surface area contributed by atoms with Crippen LogP contribution in [0.1, 0.15) is 107 Å². The first kappa shape index (κ1) is 33.3. The third-order valence-corrected chi connectivity index (χ3v) is 16.2. The first-order chi connectivity index (χ1) is 21.8. The van der Waals surface area contributed by atoms with Crippen LogP contribution in [0.4, 0.5) is 0 Å². The van der Waals surface area contributed by atoms with Crippen molar-refractivity contribution in [3.05, 3.63) is 0 Å². The topological polar surface area (TPSA) is 147 Å². The highest BCUT2D eigenvalue weighted by atomic mass is 16.7. The fourth-order valence-corrected chi connectivity index (χ4v) is 14.1. The van der Waals surface area contributed by atoms with Gasteiger partial charge in [0.05, 0.1) is 24.4 Å². The number of aliphatic hydroxyl groups excluding tert-OH is 3. The number of hydrogen-bond acceptors (Lipinski definition) is 10. The maximum atomic E-state index is 12.5. The lowest BCUT2D eigenvalue weighted by Crippen LogP contribution is -2.61. The third kappa shape index (κ3) is 4.05. The summed E-state index contributed by atoms with van der Waals surface area (Å²) in [4.78, 5) is 11.9. The van der Waals surface area contributed by atoms with Crippen LogP contribution in [0.15, 0.2) is 0 Å². The van der Waals surface area contributed by atoms with Gasteiger partial charge in [-0.3, -0.25) is 4.79 Å². The van der Waals surface area contributed by atoms with Gasteiger partial charge in [0.2, 0.25) is 0 Å². The summed E-state index contributed by atoms with van der Waals surface area (Å²) >= 11 is 0. The molecule has 0 amide bonds. The van der Waals surface area contributed by atoms with Gasteiger partial charge in [-0.15, -0.1) is 0 Å². The predicted octanol–water partition coefficient (Wildman–Crippen LogP) is 3.69. The van der Waals surface area contributed by atoms with E-state index in [0.29, 0.717) is 5.92 Å². The first-order valence-corrected chi connectivity index (χ1v) is 18.4. The Morgan fingerprint density at radius 1 is 0.894 bits per heavy atom. The summed E-state index contributed by atoms with van der Waals surface area (Å²) in [5.74, 6) is -1.44. The number of esters is 1. The van der Waals surface area contributed by atoms with Crippen LogP contribution in [0.3, 0.4) is 0 Å². The number of ether oxygens (including phenoxy) is 5. The minimum absolute atomic E-state index is 0.0601. The van der Waals surface area contributed by atoms with E-state index in [1.165, 1.54) is 6.92 Å². The molecule has 0 aromatic heterocycles. The van der Waals surface area contributed by atoms with E-state index in [2.05, 4.69) is 48.5 Å². The summed E-state index contributed by atoms with van der Waals surface area (Å²) in [5, 5.41) is 45.8. The molecule has 8 rings (SSSR count). The number of hydrogen-bond donors (Lipinski definition) is 4. The Hall–Kier alpha value is -0.850. The molecule has 266 valence electrons. The van der Waals surface area contributed by atoms with E-state index < -0.39 is 47.9 Å². The minimum atomic E-state index is -1.60. The van der Waals surface area contributed by atoms with Crippen molar-refractivity contribution in [1.29, 1.82) is 0 Å². The average molecular weight is 663 g/mol. The summed E-state index contributed by atoms with van der Waals surface area (Å²) < 4.78 is 30.5. The Kier molecular flexibility index (Phi) is 7.03. The highest BCUT2D eigenvalue weighted by Gasteiger charge is 2.87. The fourth-order valence-electron chi connectivity index (χ4n) is 14.1. The molecule has 4 N–H and O–H groups in total. The van der Waals surface area contributed by atoms with Gasteiger partial charge >= 0.3 is 5.97 Å². The van der Waals surface area contributed by atoms with Crippen LogP contribution in [0.5, 0.6) is 0 Å². The van der Waals surface area contributed by atoms with Crippen LogP contribution in [0, 0.1) is 50.7 Å². The van der Waals surface area contributed by atoms with Crippen molar-refractivity contribution in [1.82, 2.24) is 0 Å². The van der Waals surface area contributed by atoms with E-state index in [9.17, 15) is 25.2 Å². The van der Waals surface area contributed by atoms with Crippen LogP contribution in [0.2, 0.25) is 0 Å². The lowest BCUT2D eigenvalue weighted by atomic mass is 9.41. The lowest BCUT2D eigenvalue weighted by molar-refractivity contribution is -0.327. The third-order valence-electron chi connectivity index (χ3n) is 16.2. The van der Waals surface area contributed by atoms with E-state index in [1.54, 1.807) is 0 Å². The zero-order valence-electron chi connectivity index (χ0n) is 29.5. The Morgan fingerprint density at radius 3 is 2.21 bits per heavy atom. The quantitative estimate of drug-likeness (QED) is 0.200. The molecule has 47 heavy (non-hydrogen) atoms. The van der Waals surface area contributed by atoms with Gasteiger partial charge in [-0.05, 0) is 105 Å². The van der Waals surface area contributed by atoms with Crippen molar-refractivity contribution >= 4 is 5.97 Å². The molecule has 0 radical (unpaired) electrons. The standard InChI is InChI=1S/C37H58O10/c1-18-15-21(28-32(5,6)47-28)46-37(42)27(18)33(7)13-14-36-17-35(36)12-11-24(45-29-26(44-19(2)38)25(40)20(39)16-43-29)31(3,4)22(35)9-10-23(36)34(33,8)30(37)41/h18,20-30,39-42H,9-17H2,1-8H3. The highest BCUT2D eigenvalue weighted by Crippen LogP contribution is 2.90. The molecule has 5 aliphatic carbocycles. The van der Waals surface area contributed by atoms with Gasteiger partial charge in [0.15, 0.2) is 18.2 Å².